The fourth-order valence-corrected chi connectivity index (χ4v) is 3.71. The van der Waals surface area contributed by atoms with E-state index in [4.69, 9.17) is 4.74 Å². The number of nitrogens with zero attached hydrogens (tertiary/aromatic N) is 1. The minimum absolute atomic E-state index is 0.00367. The lowest BCUT2D eigenvalue weighted by molar-refractivity contribution is -0.155. The number of halogens is 1. The molecule has 2 saturated heterocycles. The molecule has 3 unspecified atom stereocenters. The number of ether oxygens (including phenoxy) is 1. The van der Waals surface area contributed by atoms with Crippen LogP contribution in [0.1, 0.15) is 37.2 Å². The van der Waals surface area contributed by atoms with E-state index < -0.39 is 5.92 Å². The third kappa shape index (κ3) is 4.34. The summed E-state index contributed by atoms with van der Waals surface area (Å²) in [5, 5.41) is 9.53. The highest BCUT2D eigenvalue weighted by Gasteiger charge is 2.40. The summed E-state index contributed by atoms with van der Waals surface area (Å²) < 4.78 is 5.70. The van der Waals surface area contributed by atoms with Crippen LogP contribution >= 0.6 is 15.9 Å². The lowest BCUT2D eigenvalue weighted by Crippen LogP contribution is -2.43. The summed E-state index contributed by atoms with van der Waals surface area (Å²) in [5.41, 5.74) is 0.820. The molecule has 5 heteroatoms. The van der Waals surface area contributed by atoms with Crippen molar-refractivity contribution in [3.63, 3.8) is 0 Å². The van der Waals surface area contributed by atoms with Gasteiger partial charge in [0.05, 0.1) is 6.61 Å². The number of carbonyl (C=O) groups is 1. The van der Waals surface area contributed by atoms with Gasteiger partial charge in [-0.3, -0.25) is 4.79 Å². The van der Waals surface area contributed by atoms with Crippen molar-refractivity contribution < 1.29 is 14.6 Å². The second kappa shape index (κ2) is 8.81. The maximum absolute atomic E-state index is 12.4. The molecule has 2 aliphatic rings. The van der Waals surface area contributed by atoms with Crippen LogP contribution in [0, 0.1) is 0 Å². The van der Waals surface area contributed by atoms with Gasteiger partial charge in [-0.05, 0) is 44.1 Å². The fraction of sp³-hybridized carbons (Fsp3) is 0.611. The Balaban J connectivity index is 0.000000924. The normalized spacial score (nSPS) is 27.7. The second-order valence-electron chi connectivity index (χ2n) is 6.23. The Bertz CT molecular complexity index is 482. The van der Waals surface area contributed by atoms with Gasteiger partial charge in [-0.15, -0.1) is 0 Å². The van der Waals surface area contributed by atoms with Crippen LogP contribution in [-0.4, -0.2) is 53.7 Å². The van der Waals surface area contributed by atoms with E-state index in [0.29, 0.717) is 12.1 Å². The number of hydrogen-bond donors (Lipinski definition) is 1. The molecule has 1 aromatic carbocycles. The van der Waals surface area contributed by atoms with Gasteiger partial charge in [0.2, 0.25) is 0 Å². The molecule has 0 radical (unpaired) electrons. The Morgan fingerprint density at radius 3 is 2.35 bits per heavy atom. The Morgan fingerprint density at radius 2 is 1.83 bits per heavy atom. The van der Waals surface area contributed by atoms with Gasteiger partial charge in [0.25, 0.3) is 0 Å². The quantitative estimate of drug-likeness (QED) is 0.641. The molecule has 0 spiro atoms. The van der Waals surface area contributed by atoms with Crippen molar-refractivity contribution in [3.8, 4) is 0 Å². The van der Waals surface area contributed by atoms with Crippen molar-refractivity contribution in [1.82, 2.24) is 4.90 Å². The highest BCUT2D eigenvalue weighted by molar-refractivity contribution is 9.08. The fourth-order valence-electron chi connectivity index (χ4n) is 3.71. The minimum Gasteiger partial charge on any atom is -0.462 e. The molecular weight excluding hydrogens is 358 g/mol. The minimum atomic E-state index is -0.566. The molecule has 3 atom stereocenters. The van der Waals surface area contributed by atoms with Gasteiger partial charge in [0.15, 0.2) is 0 Å². The molecule has 2 heterocycles. The lowest BCUT2D eigenvalue weighted by atomic mass is 9.98. The number of aliphatic hydroxyl groups is 1. The van der Waals surface area contributed by atoms with Crippen molar-refractivity contribution in [1.29, 1.82) is 0 Å². The third-order valence-corrected chi connectivity index (χ3v) is 5.01. The van der Waals surface area contributed by atoms with Gasteiger partial charge < -0.3 is 14.7 Å². The second-order valence-corrected chi connectivity index (χ2v) is 6.23. The summed E-state index contributed by atoms with van der Waals surface area (Å²) in [7, 11) is 2.17. The summed E-state index contributed by atoms with van der Waals surface area (Å²) in [5.74, 6) is 0.952. The number of carbonyl (C=O) groups excluding carboxylic acids is 1. The van der Waals surface area contributed by atoms with E-state index in [1.165, 1.54) is 12.8 Å². The van der Waals surface area contributed by atoms with Crippen molar-refractivity contribution in [2.45, 2.75) is 49.8 Å². The standard InChI is InChI=1S/C17H23NO3.CH3Br/c1-18-13-7-8-14(18)10-15(9-13)21-17(20)16(11-19)12-5-3-2-4-6-12;1-2/h2-6,13-16,19H,7-11H2,1H3;1H3. The first-order valence-electron chi connectivity index (χ1n) is 8.15. The van der Waals surface area contributed by atoms with Crippen LogP contribution in [0.4, 0.5) is 0 Å². The Morgan fingerprint density at radius 1 is 1.26 bits per heavy atom. The number of aliphatic hydroxyl groups excluding tert-OH is 1. The summed E-state index contributed by atoms with van der Waals surface area (Å²) in [4.78, 5) is 14.8. The first-order chi connectivity index (χ1) is 11.2. The summed E-state index contributed by atoms with van der Waals surface area (Å²) >= 11 is 2.94. The predicted molar refractivity (Wildman–Crippen MR) is 94.8 cm³/mol. The first-order valence-corrected chi connectivity index (χ1v) is 9.73. The Kier molecular flexibility index (Phi) is 7.06. The number of alkyl halides is 1. The number of esters is 1. The van der Waals surface area contributed by atoms with Crippen LogP contribution in [0.5, 0.6) is 0 Å². The van der Waals surface area contributed by atoms with E-state index in [1.807, 2.05) is 36.2 Å². The lowest BCUT2D eigenvalue weighted by Gasteiger charge is -2.36. The predicted octanol–water partition coefficient (Wildman–Crippen LogP) is 2.94. The monoisotopic (exact) mass is 383 g/mol. The summed E-state index contributed by atoms with van der Waals surface area (Å²) in [6.45, 7) is -0.206. The molecule has 23 heavy (non-hydrogen) atoms. The van der Waals surface area contributed by atoms with Crippen LogP contribution < -0.4 is 0 Å². The average molecular weight is 384 g/mol. The van der Waals surface area contributed by atoms with Crippen LogP contribution in [0.25, 0.3) is 0 Å². The van der Waals surface area contributed by atoms with Crippen LogP contribution in [0.3, 0.4) is 0 Å². The molecule has 0 aliphatic carbocycles. The van der Waals surface area contributed by atoms with Crippen molar-refractivity contribution >= 4 is 21.9 Å². The molecule has 3 rings (SSSR count). The number of hydrogen-bond acceptors (Lipinski definition) is 4. The van der Waals surface area contributed by atoms with Gasteiger partial charge in [-0.2, -0.15) is 0 Å². The molecular formula is C18H26BrNO3. The largest absolute Gasteiger partial charge is 0.462 e. The molecule has 1 aromatic rings. The molecule has 0 aromatic heterocycles. The zero-order chi connectivity index (χ0) is 16.8. The van der Waals surface area contributed by atoms with E-state index in [9.17, 15) is 9.90 Å². The van der Waals surface area contributed by atoms with Crippen molar-refractivity contribution in [3.05, 3.63) is 35.9 Å². The molecule has 2 bridgehead atoms. The highest BCUT2D eigenvalue weighted by atomic mass is 79.9. The zero-order valence-corrected chi connectivity index (χ0v) is 15.4. The smallest absolute Gasteiger partial charge is 0.316 e. The molecule has 4 nitrogen and oxygen atoms in total. The van der Waals surface area contributed by atoms with Crippen LogP contribution in [-0.2, 0) is 9.53 Å². The maximum atomic E-state index is 12.4. The van der Waals surface area contributed by atoms with Gasteiger partial charge >= 0.3 is 5.97 Å². The first kappa shape index (κ1) is 18.4. The van der Waals surface area contributed by atoms with Crippen LogP contribution in [0.15, 0.2) is 30.3 Å². The van der Waals surface area contributed by atoms with Crippen LogP contribution in [0.2, 0.25) is 0 Å². The molecule has 2 fully saturated rings. The third-order valence-electron chi connectivity index (χ3n) is 5.01. The molecule has 1 N–H and O–H groups in total. The van der Waals surface area contributed by atoms with E-state index in [2.05, 4.69) is 27.9 Å². The van der Waals surface area contributed by atoms with E-state index in [-0.39, 0.29) is 18.7 Å². The maximum Gasteiger partial charge on any atom is 0.316 e. The SMILES string of the molecule is CBr.CN1C2CCC1CC(OC(=O)C(CO)c1ccccc1)C2. The summed E-state index contributed by atoms with van der Waals surface area (Å²) in [6, 6.07) is 10.5. The zero-order valence-electron chi connectivity index (χ0n) is 13.8. The molecule has 2 aliphatic heterocycles. The number of piperidine rings is 1. The highest BCUT2D eigenvalue weighted by Crippen LogP contribution is 2.36. The number of benzene rings is 1. The van der Waals surface area contributed by atoms with E-state index in [1.54, 1.807) is 0 Å². The molecule has 128 valence electrons. The number of rotatable bonds is 4. The Labute approximate surface area is 147 Å². The van der Waals surface area contributed by atoms with Gasteiger partial charge in [0, 0.05) is 12.1 Å². The number of fused-ring (bicyclic) bond motifs is 2. The van der Waals surface area contributed by atoms with E-state index in [0.717, 1.165) is 18.4 Å². The van der Waals surface area contributed by atoms with E-state index >= 15 is 0 Å². The summed E-state index contributed by atoms with van der Waals surface area (Å²) in [6.07, 6.45) is 4.26. The van der Waals surface area contributed by atoms with Crippen molar-refractivity contribution in [2.24, 2.45) is 0 Å². The van der Waals surface area contributed by atoms with Gasteiger partial charge in [0.1, 0.15) is 12.0 Å². The average Bonchev–Trinajstić information content (AvgIpc) is 2.79. The van der Waals surface area contributed by atoms with Crippen molar-refractivity contribution in [2.75, 3.05) is 19.5 Å². The van der Waals surface area contributed by atoms with Gasteiger partial charge in [-0.25, -0.2) is 0 Å². The van der Waals surface area contributed by atoms with Gasteiger partial charge in [-0.1, -0.05) is 46.3 Å². The molecule has 0 amide bonds. The molecule has 0 saturated carbocycles. The topological polar surface area (TPSA) is 49.8 Å². The Hall–Kier alpha value is -0.910.